The molecule has 13 heavy (non-hydrogen) atoms. The fraction of sp³-hybridized carbons (Fsp3) is 1.00. The normalized spacial score (nSPS) is 32.3. The summed E-state index contributed by atoms with van der Waals surface area (Å²) < 4.78 is 0. The molecule has 0 amide bonds. The molecule has 2 heteroatoms. The summed E-state index contributed by atoms with van der Waals surface area (Å²) in [6.45, 7) is 9.08. The molecule has 0 heterocycles. The Morgan fingerprint density at radius 3 is 2.31 bits per heavy atom. The summed E-state index contributed by atoms with van der Waals surface area (Å²) in [6, 6.07) is 0. The van der Waals surface area contributed by atoms with Crippen molar-refractivity contribution in [2.75, 3.05) is 6.54 Å². The van der Waals surface area contributed by atoms with E-state index in [0.717, 1.165) is 12.8 Å². The maximum Gasteiger partial charge on any atom is 0.0693 e. The highest BCUT2D eigenvalue weighted by atomic mass is 16.3. The molecular weight excluding hydrogens is 162 g/mol. The quantitative estimate of drug-likeness (QED) is 0.701. The second-order valence-electron chi connectivity index (χ2n) is 5.31. The molecule has 78 valence electrons. The Hall–Kier alpha value is -0.0800. The van der Waals surface area contributed by atoms with E-state index >= 15 is 0 Å². The summed E-state index contributed by atoms with van der Waals surface area (Å²) in [7, 11) is 0. The molecular formula is C11H23NO. The van der Waals surface area contributed by atoms with Gasteiger partial charge in [0, 0.05) is 0 Å². The van der Waals surface area contributed by atoms with Gasteiger partial charge in [0.2, 0.25) is 0 Å². The summed E-state index contributed by atoms with van der Waals surface area (Å²) in [4.78, 5) is 0. The third kappa shape index (κ3) is 1.89. The van der Waals surface area contributed by atoms with Crippen LogP contribution in [0.2, 0.25) is 0 Å². The number of hydrogen-bond acceptors (Lipinski definition) is 2. The van der Waals surface area contributed by atoms with Crippen LogP contribution in [0.1, 0.15) is 40.5 Å². The molecule has 1 fully saturated rings. The van der Waals surface area contributed by atoms with Gasteiger partial charge in [0.05, 0.1) is 5.60 Å². The molecule has 0 aromatic heterocycles. The third-order valence-corrected chi connectivity index (χ3v) is 3.82. The van der Waals surface area contributed by atoms with Crippen LogP contribution in [0.25, 0.3) is 0 Å². The van der Waals surface area contributed by atoms with E-state index in [1.54, 1.807) is 0 Å². The van der Waals surface area contributed by atoms with E-state index < -0.39 is 5.60 Å². The van der Waals surface area contributed by atoms with Gasteiger partial charge in [0.1, 0.15) is 0 Å². The Morgan fingerprint density at radius 1 is 1.62 bits per heavy atom. The molecule has 2 nitrogen and oxygen atoms in total. The Balaban J connectivity index is 2.65. The van der Waals surface area contributed by atoms with Crippen molar-refractivity contribution < 1.29 is 5.11 Å². The van der Waals surface area contributed by atoms with Crippen LogP contribution in [0.5, 0.6) is 0 Å². The summed E-state index contributed by atoms with van der Waals surface area (Å²) in [5.41, 5.74) is 5.43. The SMILES string of the molecule is CCC(CN)C(C)(O)C1CC1(C)C. The van der Waals surface area contributed by atoms with Crippen molar-refractivity contribution in [3.63, 3.8) is 0 Å². The summed E-state index contributed by atoms with van der Waals surface area (Å²) in [5.74, 6) is 0.688. The van der Waals surface area contributed by atoms with E-state index in [2.05, 4.69) is 20.8 Å². The van der Waals surface area contributed by atoms with Crippen LogP contribution in [0.15, 0.2) is 0 Å². The van der Waals surface area contributed by atoms with Gasteiger partial charge in [-0.25, -0.2) is 0 Å². The van der Waals surface area contributed by atoms with Gasteiger partial charge >= 0.3 is 0 Å². The molecule has 0 radical (unpaired) electrons. The molecule has 3 unspecified atom stereocenters. The van der Waals surface area contributed by atoms with Crippen molar-refractivity contribution >= 4 is 0 Å². The van der Waals surface area contributed by atoms with E-state index in [4.69, 9.17) is 5.73 Å². The number of aliphatic hydroxyl groups is 1. The lowest BCUT2D eigenvalue weighted by Crippen LogP contribution is -2.42. The van der Waals surface area contributed by atoms with Crippen molar-refractivity contribution in [3.05, 3.63) is 0 Å². The van der Waals surface area contributed by atoms with E-state index in [1.165, 1.54) is 0 Å². The van der Waals surface area contributed by atoms with Gasteiger partial charge in [-0.3, -0.25) is 0 Å². The Kier molecular flexibility index (Phi) is 2.75. The van der Waals surface area contributed by atoms with Crippen molar-refractivity contribution in [1.82, 2.24) is 0 Å². The minimum Gasteiger partial charge on any atom is -0.390 e. The zero-order chi connectivity index (χ0) is 10.3. The van der Waals surface area contributed by atoms with Crippen molar-refractivity contribution in [2.45, 2.75) is 46.1 Å². The van der Waals surface area contributed by atoms with Crippen LogP contribution in [-0.4, -0.2) is 17.3 Å². The van der Waals surface area contributed by atoms with Gasteiger partial charge in [0.25, 0.3) is 0 Å². The second kappa shape index (κ2) is 3.25. The van der Waals surface area contributed by atoms with Crippen LogP contribution < -0.4 is 5.73 Å². The average Bonchev–Trinajstić information content (AvgIpc) is 2.62. The third-order valence-electron chi connectivity index (χ3n) is 3.82. The first kappa shape index (κ1) is 11.0. The monoisotopic (exact) mass is 185 g/mol. The Labute approximate surface area is 81.5 Å². The first-order valence-corrected chi connectivity index (χ1v) is 5.28. The summed E-state index contributed by atoms with van der Waals surface area (Å²) in [6.07, 6.45) is 2.10. The lowest BCUT2D eigenvalue weighted by atomic mass is 9.80. The lowest BCUT2D eigenvalue weighted by molar-refractivity contribution is -0.0296. The summed E-state index contributed by atoms with van der Waals surface area (Å²) in [5, 5.41) is 10.4. The fourth-order valence-corrected chi connectivity index (χ4v) is 2.57. The molecule has 0 aromatic carbocycles. The van der Waals surface area contributed by atoms with E-state index in [1.807, 2.05) is 6.92 Å². The molecule has 0 saturated heterocycles. The average molecular weight is 185 g/mol. The second-order valence-corrected chi connectivity index (χ2v) is 5.31. The molecule has 3 N–H and O–H groups in total. The maximum absolute atomic E-state index is 10.4. The van der Waals surface area contributed by atoms with Gasteiger partial charge < -0.3 is 10.8 Å². The smallest absolute Gasteiger partial charge is 0.0693 e. The van der Waals surface area contributed by atoms with Gasteiger partial charge in [0.15, 0.2) is 0 Å². The zero-order valence-corrected chi connectivity index (χ0v) is 9.30. The van der Waals surface area contributed by atoms with Crippen LogP contribution in [-0.2, 0) is 0 Å². The van der Waals surface area contributed by atoms with Crippen LogP contribution in [0.4, 0.5) is 0 Å². The first-order valence-electron chi connectivity index (χ1n) is 5.28. The molecule has 0 aromatic rings. The number of nitrogens with two attached hydrogens (primary N) is 1. The molecule has 1 saturated carbocycles. The highest BCUT2D eigenvalue weighted by Crippen LogP contribution is 2.59. The zero-order valence-electron chi connectivity index (χ0n) is 9.30. The minimum atomic E-state index is -0.562. The van der Waals surface area contributed by atoms with Crippen molar-refractivity contribution in [1.29, 1.82) is 0 Å². The largest absolute Gasteiger partial charge is 0.390 e. The molecule has 1 rings (SSSR count). The number of hydrogen-bond donors (Lipinski definition) is 2. The molecule has 3 atom stereocenters. The molecule has 0 aliphatic heterocycles. The Bertz CT molecular complexity index is 179. The molecule has 0 spiro atoms. The highest BCUT2D eigenvalue weighted by Gasteiger charge is 2.57. The van der Waals surface area contributed by atoms with E-state index in [0.29, 0.717) is 17.9 Å². The molecule has 0 bridgehead atoms. The minimum absolute atomic E-state index is 0.249. The van der Waals surface area contributed by atoms with Gasteiger partial charge in [-0.15, -0.1) is 0 Å². The lowest BCUT2D eigenvalue weighted by Gasteiger charge is -2.33. The van der Waals surface area contributed by atoms with E-state index in [9.17, 15) is 5.11 Å². The number of rotatable bonds is 4. The molecule has 1 aliphatic rings. The predicted octanol–water partition coefficient (Wildman–Crippen LogP) is 1.77. The van der Waals surface area contributed by atoms with Crippen LogP contribution in [0.3, 0.4) is 0 Å². The first-order chi connectivity index (χ1) is 5.86. The van der Waals surface area contributed by atoms with Gasteiger partial charge in [-0.2, -0.15) is 0 Å². The van der Waals surface area contributed by atoms with E-state index in [-0.39, 0.29) is 5.92 Å². The standard InChI is InChI=1S/C11H23NO/c1-5-8(7-12)11(4,13)9-6-10(9,2)3/h8-9,13H,5-7,12H2,1-4H3. The van der Waals surface area contributed by atoms with Crippen LogP contribution >= 0.6 is 0 Å². The fourth-order valence-electron chi connectivity index (χ4n) is 2.57. The topological polar surface area (TPSA) is 46.2 Å². The van der Waals surface area contributed by atoms with Crippen LogP contribution in [0, 0.1) is 17.3 Å². The Morgan fingerprint density at radius 2 is 2.08 bits per heavy atom. The van der Waals surface area contributed by atoms with Gasteiger partial charge in [-0.05, 0) is 43.6 Å². The molecule has 1 aliphatic carbocycles. The van der Waals surface area contributed by atoms with Gasteiger partial charge in [-0.1, -0.05) is 20.8 Å². The maximum atomic E-state index is 10.4. The van der Waals surface area contributed by atoms with Crippen molar-refractivity contribution in [3.8, 4) is 0 Å². The highest BCUT2D eigenvalue weighted by molar-refractivity contribution is 5.07. The predicted molar refractivity (Wildman–Crippen MR) is 55.3 cm³/mol. The summed E-state index contributed by atoms with van der Waals surface area (Å²) >= 11 is 0. The van der Waals surface area contributed by atoms with Crippen molar-refractivity contribution in [2.24, 2.45) is 23.0 Å².